The van der Waals surface area contributed by atoms with E-state index in [4.69, 9.17) is 18.9 Å². The Bertz CT molecular complexity index is 1260. The third kappa shape index (κ3) is 3.33. The molecule has 8 aliphatic rings. The number of hydrogen-bond donors (Lipinski definition) is 5. The Morgan fingerprint density at radius 3 is 2.41 bits per heavy atom. The molecule has 0 amide bonds. The summed E-state index contributed by atoms with van der Waals surface area (Å²) < 4.78 is 25.7. The smallest absolute Gasteiger partial charge is 0.199 e. The van der Waals surface area contributed by atoms with E-state index in [0.29, 0.717) is 11.8 Å². The molecule has 3 saturated heterocycles. The molecule has 16 atom stereocenters. The molecule has 0 aromatic rings. The van der Waals surface area contributed by atoms with Crippen molar-refractivity contribution in [3.05, 3.63) is 11.6 Å². The van der Waals surface area contributed by atoms with Crippen molar-refractivity contribution in [2.45, 2.75) is 154 Å². The fraction of sp³-hybridized carbons (Fsp3) is 0.943. The summed E-state index contributed by atoms with van der Waals surface area (Å²) >= 11 is 0. The number of aliphatic hydroxyl groups is 5. The van der Waals surface area contributed by atoms with Crippen molar-refractivity contribution >= 4 is 0 Å². The van der Waals surface area contributed by atoms with Crippen LogP contribution in [0.4, 0.5) is 0 Å². The van der Waals surface area contributed by atoms with Crippen molar-refractivity contribution in [3.63, 3.8) is 0 Å². The summed E-state index contributed by atoms with van der Waals surface area (Å²) in [4.78, 5) is 0. The van der Waals surface area contributed by atoms with Crippen LogP contribution in [0.3, 0.4) is 0 Å². The zero-order chi connectivity index (χ0) is 31.6. The van der Waals surface area contributed by atoms with Crippen molar-refractivity contribution in [1.29, 1.82) is 0 Å². The average Bonchev–Trinajstić information content (AvgIpc) is 3.45. The molecule has 248 valence electrons. The maximum Gasteiger partial charge on any atom is 0.199 e. The fourth-order valence-electron chi connectivity index (χ4n) is 13.1. The van der Waals surface area contributed by atoms with Crippen molar-refractivity contribution in [2.24, 2.45) is 44.8 Å². The summed E-state index contributed by atoms with van der Waals surface area (Å²) in [5, 5.41) is 54.4. The van der Waals surface area contributed by atoms with Gasteiger partial charge in [-0.25, -0.2) is 0 Å². The van der Waals surface area contributed by atoms with Gasteiger partial charge in [-0.3, -0.25) is 0 Å². The van der Waals surface area contributed by atoms with E-state index in [9.17, 15) is 25.5 Å². The first-order valence-electron chi connectivity index (χ1n) is 17.2. The predicted molar refractivity (Wildman–Crippen MR) is 159 cm³/mol. The molecule has 0 aromatic carbocycles. The van der Waals surface area contributed by atoms with Crippen LogP contribution in [0.1, 0.15) is 93.4 Å². The first-order chi connectivity index (χ1) is 20.4. The molecule has 9 nitrogen and oxygen atoms in total. The Kier molecular flexibility index (Phi) is 6.20. The summed E-state index contributed by atoms with van der Waals surface area (Å²) in [5.41, 5.74) is -0.456. The quantitative estimate of drug-likeness (QED) is 0.302. The third-order valence-corrected chi connectivity index (χ3v) is 15.2. The Labute approximate surface area is 261 Å². The molecule has 0 aromatic heterocycles. The van der Waals surface area contributed by atoms with Crippen molar-refractivity contribution in [2.75, 3.05) is 6.61 Å². The number of ether oxygens (including phenoxy) is 4. The minimum atomic E-state index is -1.30. The monoisotopic (exact) mass is 618 g/mol. The van der Waals surface area contributed by atoms with Gasteiger partial charge < -0.3 is 44.5 Å². The van der Waals surface area contributed by atoms with E-state index < -0.39 is 53.6 Å². The first kappa shape index (κ1) is 30.7. The molecule has 2 unspecified atom stereocenters. The standard InChI is InChI=1S/C35H54O9/c1-17-14-19-26(30(4,5)40)44-35(43-19)25(17)31(6)12-13-34-16-33(34)11-10-22(42-27-24(38)23(37)18(36)15-41-27)29(2,3)20(33)8-9-21(34)32(31,7)28(35)39/h9,17-20,22-28,36-40H,8,10-16H2,1-7H3/t17-,18-,19+,20?,22+,23?,24+,25-,26-,27+,28-,31-,32-,33-,34+,35+/m1/s1. The van der Waals surface area contributed by atoms with Crippen LogP contribution in [-0.2, 0) is 18.9 Å². The molecule has 5 aliphatic carbocycles. The van der Waals surface area contributed by atoms with Crippen LogP contribution in [0.5, 0.6) is 0 Å². The fourth-order valence-corrected chi connectivity index (χ4v) is 13.1. The van der Waals surface area contributed by atoms with E-state index in [-0.39, 0.29) is 46.4 Å². The van der Waals surface area contributed by atoms with E-state index in [1.165, 1.54) is 5.57 Å². The predicted octanol–water partition coefficient (Wildman–Crippen LogP) is 3.04. The van der Waals surface area contributed by atoms with Crippen LogP contribution in [0, 0.1) is 44.8 Å². The van der Waals surface area contributed by atoms with Crippen molar-refractivity contribution < 1.29 is 44.5 Å². The van der Waals surface area contributed by atoms with Crippen LogP contribution >= 0.6 is 0 Å². The Morgan fingerprint density at radius 2 is 1.70 bits per heavy atom. The van der Waals surface area contributed by atoms with Gasteiger partial charge in [0.05, 0.1) is 24.4 Å². The van der Waals surface area contributed by atoms with Gasteiger partial charge in [-0.15, -0.1) is 0 Å². The van der Waals surface area contributed by atoms with Gasteiger partial charge in [-0.05, 0) is 92.3 Å². The second-order valence-electron chi connectivity index (χ2n) is 17.8. The second-order valence-corrected chi connectivity index (χ2v) is 17.8. The third-order valence-electron chi connectivity index (χ3n) is 15.2. The Balaban J connectivity index is 1.13. The lowest BCUT2D eigenvalue weighted by Crippen LogP contribution is -2.58. The maximum absolute atomic E-state index is 12.6. The van der Waals surface area contributed by atoms with Gasteiger partial charge in [0.2, 0.25) is 0 Å². The molecule has 3 spiro atoms. The average molecular weight is 619 g/mol. The van der Waals surface area contributed by atoms with Crippen LogP contribution < -0.4 is 0 Å². The topological polar surface area (TPSA) is 138 Å². The van der Waals surface area contributed by atoms with E-state index in [2.05, 4.69) is 40.7 Å². The summed E-state index contributed by atoms with van der Waals surface area (Å²) in [5.74, 6) is -0.431. The second kappa shape index (κ2) is 8.88. The lowest BCUT2D eigenvalue weighted by atomic mass is 9.44. The lowest BCUT2D eigenvalue weighted by Gasteiger charge is -2.60. The molecular formula is C35H54O9. The van der Waals surface area contributed by atoms with Gasteiger partial charge >= 0.3 is 0 Å². The molecule has 44 heavy (non-hydrogen) atoms. The zero-order valence-electron chi connectivity index (χ0n) is 27.5. The van der Waals surface area contributed by atoms with Gasteiger partial charge in [-0.1, -0.05) is 46.3 Å². The molecule has 3 aliphatic heterocycles. The number of rotatable bonds is 3. The van der Waals surface area contributed by atoms with Crippen molar-refractivity contribution in [3.8, 4) is 0 Å². The Hall–Kier alpha value is -0.620. The summed E-state index contributed by atoms with van der Waals surface area (Å²) in [6.07, 6.45) is 2.81. The van der Waals surface area contributed by atoms with E-state index >= 15 is 0 Å². The molecule has 0 radical (unpaired) electrons. The molecule has 8 rings (SSSR count). The van der Waals surface area contributed by atoms with E-state index in [1.54, 1.807) is 13.8 Å². The van der Waals surface area contributed by atoms with Crippen LogP contribution in [0.2, 0.25) is 0 Å². The SMILES string of the molecule is C[C@@H]1C[C@@H]2O[C@]3(O[C@H]2C(C)(C)O)[C@H]1[C@@]1(C)CC[C@@]24C[C@@]25CC[C@H](O[C@@H]2OC[C@@H](O)C(O)[C@@H]2O)C(C)(C)C5CC=C4[C@]1(C)[C@H]3O. The summed E-state index contributed by atoms with van der Waals surface area (Å²) in [7, 11) is 0. The maximum atomic E-state index is 12.6. The lowest BCUT2D eigenvalue weighted by molar-refractivity contribution is -0.300. The minimum Gasteiger partial charge on any atom is -0.388 e. The molecule has 2 bridgehead atoms. The highest BCUT2D eigenvalue weighted by atomic mass is 16.8. The largest absolute Gasteiger partial charge is 0.388 e. The number of hydrogen-bond acceptors (Lipinski definition) is 9. The van der Waals surface area contributed by atoms with Crippen molar-refractivity contribution in [1.82, 2.24) is 0 Å². The van der Waals surface area contributed by atoms with E-state index in [0.717, 1.165) is 44.9 Å². The molecule has 5 N–H and O–H groups in total. The molecule has 7 fully saturated rings. The molecular weight excluding hydrogens is 564 g/mol. The van der Waals surface area contributed by atoms with Gasteiger partial charge in [0.25, 0.3) is 0 Å². The number of fused-ring (bicyclic) bond motifs is 4. The van der Waals surface area contributed by atoms with Crippen LogP contribution in [0.15, 0.2) is 11.6 Å². The zero-order valence-corrected chi connectivity index (χ0v) is 27.5. The summed E-state index contributed by atoms with van der Waals surface area (Å²) in [6, 6.07) is 0. The summed E-state index contributed by atoms with van der Waals surface area (Å²) in [6.45, 7) is 15.0. The Morgan fingerprint density at radius 1 is 0.977 bits per heavy atom. The number of allylic oxidation sites excluding steroid dienone is 1. The number of aliphatic hydroxyl groups excluding tert-OH is 4. The van der Waals surface area contributed by atoms with E-state index in [1.807, 2.05) is 0 Å². The van der Waals surface area contributed by atoms with Crippen LogP contribution in [-0.4, -0.2) is 92.5 Å². The highest BCUT2D eigenvalue weighted by molar-refractivity contribution is 5.48. The normalized spacial score (nSPS) is 60.4. The first-order valence-corrected chi connectivity index (χ1v) is 17.2. The molecule has 3 heterocycles. The highest BCUT2D eigenvalue weighted by Crippen LogP contribution is 2.89. The van der Waals surface area contributed by atoms with Gasteiger partial charge in [0, 0.05) is 11.3 Å². The van der Waals surface area contributed by atoms with Gasteiger partial charge in [0.1, 0.15) is 30.5 Å². The minimum absolute atomic E-state index is 0.0234. The highest BCUT2D eigenvalue weighted by Gasteiger charge is 2.86. The van der Waals surface area contributed by atoms with Gasteiger partial charge in [-0.2, -0.15) is 0 Å². The van der Waals surface area contributed by atoms with Gasteiger partial charge in [0.15, 0.2) is 12.1 Å². The molecule has 4 saturated carbocycles. The van der Waals surface area contributed by atoms with Crippen LogP contribution in [0.25, 0.3) is 0 Å². The molecule has 9 heteroatoms.